The van der Waals surface area contributed by atoms with Gasteiger partial charge in [0.1, 0.15) is 5.75 Å². The van der Waals surface area contributed by atoms with E-state index in [2.05, 4.69) is 18.3 Å². The summed E-state index contributed by atoms with van der Waals surface area (Å²) < 4.78 is 6.08. The van der Waals surface area contributed by atoms with Crippen LogP contribution < -0.4 is 10.2 Å². The minimum atomic E-state index is -1.07. The van der Waals surface area contributed by atoms with Crippen molar-refractivity contribution in [3.8, 4) is 5.75 Å². The Balaban J connectivity index is 1.22. The van der Waals surface area contributed by atoms with Crippen molar-refractivity contribution in [1.29, 1.82) is 0 Å². The summed E-state index contributed by atoms with van der Waals surface area (Å²) in [6.45, 7) is 5.64. The summed E-state index contributed by atoms with van der Waals surface area (Å²) in [5.74, 6) is -1.84. The van der Waals surface area contributed by atoms with Gasteiger partial charge in [-0.1, -0.05) is 36.8 Å². The molecule has 2 heterocycles. The molecule has 3 aromatic carbocycles. The number of aromatic hydroxyl groups is 1. The van der Waals surface area contributed by atoms with Gasteiger partial charge >= 0.3 is 7.12 Å². The minimum Gasteiger partial charge on any atom is -0.507 e. The molecule has 1 aliphatic carbocycles. The van der Waals surface area contributed by atoms with Crippen LogP contribution in [0.1, 0.15) is 49.3 Å². The normalized spacial score (nSPS) is 23.1. The highest BCUT2D eigenvalue weighted by Crippen LogP contribution is 2.51. The molecule has 0 bridgehead atoms. The molecular weight excluding hydrogens is 579 g/mol. The number of amides is 2. The number of benzene rings is 3. The van der Waals surface area contributed by atoms with Gasteiger partial charge in [-0.15, -0.1) is 0 Å². The Morgan fingerprint density at radius 2 is 1.67 bits per heavy atom. The topological polar surface area (TPSA) is 119 Å². The summed E-state index contributed by atoms with van der Waals surface area (Å²) in [5.41, 5.74) is 7.73. The second kappa shape index (κ2) is 13.3. The van der Waals surface area contributed by atoms with Gasteiger partial charge in [0.15, 0.2) is 0 Å². The van der Waals surface area contributed by atoms with Crippen LogP contribution in [-0.4, -0.2) is 46.9 Å². The summed E-state index contributed by atoms with van der Waals surface area (Å²) in [4.78, 5) is 29.1. The van der Waals surface area contributed by atoms with Crippen molar-refractivity contribution in [3.63, 3.8) is 0 Å². The average molecular weight is 621 g/mol. The van der Waals surface area contributed by atoms with Crippen LogP contribution in [0.15, 0.2) is 83.4 Å². The third kappa shape index (κ3) is 6.15. The van der Waals surface area contributed by atoms with E-state index in [4.69, 9.17) is 4.65 Å². The highest BCUT2D eigenvalue weighted by Gasteiger charge is 2.57. The molecule has 2 amide bonds. The maximum Gasteiger partial charge on any atom is 0.455 e. The lowest BCUT2D eigenvalue weighted by Gasteiger charge is -2.43. The number of rotatable bonds is 9. The third-order valence-corrected chi connectivity index (χ3v) is 9.75. The number of nitrogens with zero attached hydrogens (tertiary/aromatic N) is 1. The lowest BCUT2D eigenvalue weighted by molar-refractivity contribution is -0.122. The Labute approximate surface area is 270 Å². The number of hydrogen-bond donors (Lipinski definition) is 4. The second-order valence-electron chi connectivity index (χ2n) is 12.7. The molecule has 2 aliphatic heterocycles. The zero-order valence-electron chi connectivity index (χ0n) is 26.6. The van der Waals surface area contributed by atoms with Gasteiger partial charge in [-0.05, 0) is 128 Å². The number of phenols is 1. The van der Waals surface area contributed by atoms with E-state index in [1.54, 1.807) is 12.1 Å². The second-order valence-corrected chi connectivity index (χ2v) is 12.7. The Bertz CT molecular complexity index is 1660. The molecule has 4 atom stereocenters. The first kappa shape index (κ1) is 31.8. The average Bonchev–Trinajstić information content (AvgIpc) is 3.30. The predicted molar refractivity (Wildman–Crippen MR) is 181 cm³/mol. The molecule has 2 saturated heterocycles. The van der Waals surface area contributed by atoms with Crippen LogP contribution in [0, 0.1) is 31.6 Å². The molecule has 0 aromatic heterocycles. The predicted octanol–water partition coefficient (Wildman–Crippen LogP) is 6.32. The molecule has 3 aromatic rings. The molecule has 0 unspecified atom stereocenters. The molecule has 6 rings (SSSR count). The van der Waals surface area contributed by atoms with Gasteiger partial charge in [0, 0.05) is 11.4 Å². The van der Waals surface area contributed by atoms with Crippen molar-refractivity contribution in [2.75, 3.05) is 16.8 Å². The van der Waals surface area contributed by atoms with Crippen LogP contribution in [-0.2, 0) is 14.2 Å². The van der Waals surface area contributed by atoms with Gasteiger partial charge in [0.25, 0.3) is 0 Å². The smallest absolute Gasteiger partial charge is 0.455 e. The minimum absolute atomic E-state index is 0.200. The standard InChI is InChI=1S/C37H41BN2O6/c1-4-24(18-25-16-22(2)35(42)23(3)17-25)10-15-32-33-26(21-41)19-30-34(31(33)20-38(45)46-32)37(44)40(36(30)43)29-13-11-28(12-14-29)39-27-8-6-5-7-9-27/h5-9,11-14,16-18,30-32,34,39,41-42,45H,4,10,15,19-21H2,1-3H3/b24-18+/t30-,31+,32-,34-/m1/s1. The zero-order valence-corrected chi connectivity index (χ0v) is 26.6. The van der Waals surface area contributed by atoms with E-state index in [0.29, 0.717) is 30.7 Å². The van der Waals surface area contributed by atoms with Crippen molar-refractivity contribution >= 4 is 42.1 Å². The molecule has 3 aliphatic rings. The summed E-state index contributed by atoms with van der Waals surface area (Å²) in [6.07, 6.45) is 4.23. The fourth-order valence-electron chi connectivity index (χ4n) is 7.52. The fourth-order valence-corrected chi connectivity index (χ4v) is 7.52. The van der Waals surface area contributed by atoms with Crippen LogP contribution in [0.25, 0.3) is 6.08 Å². The lowest BCUT2D eigenvalue weighted by atomic mass is 9.58. The number of hydrogen-bond acceptors (Lipinski definition) is 7. The number of aryl methyl sites for hydroxylation is 2. The van der Waals surface area contributed by atoms with E-state index in [1.807, 2.05) is 68.4 Å². The van der Waals surface area contributed by atoms with E-state index in [1.165, 1.54) is 10.5 Å². The SMILES string of the molecule is CC/C(=C\c1cc(C)c(O)c(C)c1)CC[C@H]1OB(O)C[C@H]2C1=C(CO)C[C@H]1C(=O)N(c3ccc(Nc4ccccc4)cc3)C(=O)[C@H]12. The van der Waals surface area contributed by atoms with Gasteiger partial charge in [-0.25, -0.2) is 0 Å². The molecule has 0 radical (unpaired) electrons. The first-order valence-corrected chi connectivity index (χ1v) is 16.1. The number of fused-ring (bicyclic) bond motifs is 3. The van der Waals surface area contributed by atoms with Crippen LogP contribution in [0.5, 0.6) is 5.75 Å². The number of aliphatic hydroxyl groups excluding tert-OH is 1. The Morgan fingerprint density at radius 3 is 2.33 bits per heavy atom. The Morgan fingerprint density at radius 1 is 1.00 bits per heavy atom. The van der Waals surface area contributed by atoms with Gasteiger partial charge in [-0.3, -0.25) is 14.5 Å². The molecule has 4 N–H and O–H groups in total. The van der Waals surface area contributed by atoms with Crippen molar-refractivity contribution in [3.05, 3.63) is 100 Å². The number of carbonyl (C=O) groups excluding carboxylic acids is 2. The maximum atomic E-state index is 14.0. The lowest BCUT2D eigenvalue weighted by Crippen LogP contribution is -2.46. The number of para-hydroxylation sites is 1. The van der Waals surface area contributed by atoms with Crippen molar-refractivity contribution in [1.82, 2.24) is 0 Å². The summed E-state index contributed by atoms with van der Waals surface area (Å²) >= 11 is 0. The fraction of sp³-hybridized carbons (Fsp3) is 0.351. The molecule has 8 nitrogen and oxygen atoms in total. The van der Waals surface area contributed by atoms with E-state index >= 15 is 0 Å². The monoisotopic (exact) mass is 620 g/mol. The molecule has 46 heavy (non-hydrogen) atoms. The van der Waals surface area contributed by atoms with Gasteiger partial charge in [0.2, 0.25) is 11.8 Å². The highest BCUT2D eigenvalue weighted by molar-refractivity contribution is 6.43. The van der Waals surface area contributed by atoms with Crippen LogP contribution in [0.3, 0.4) is 0 Å². The number of carbonyl (C=O) groups is 2. The van der Waals surface area contributed by atoms with Crippen LogP contribution >= 0.6 is 0 Å². The number of allylic oxidation sites excluding steroid dienone is 1. The van der Waals surface area contributed by atoms with Crippen molar-refractivity contribution < 1.29 is 29.5 Å². The quantitative estimate of drug-likeness (QED) is 0.126. The van der Waals surface area contributed by atoms with E-state index in [-0.39, 0.29) is 24.7 Å². The molecule has 238 valence electrons. The van der Waals surface area contributed by atoms with Crippen LogP contribution in [0.4, 0.5) is 17.1 Å². The van der Waals surface area contributed by atoms with Crippen molar-refractivity contribution in [2.45, 2.75) is 58.9 Å². The molecule has 0 saturated carbocycles. The first-order chi connectivity index (χ1) is 22.2. The largest absolute Gasteiger partial charge is 0.507 e. The van der Waals surface area contributed by atoms with Crippen molar-refractivity contribution in [2.24, 2.45) is 17.8 Å². The summed E-state index contributed by atoms with van der Waals surface area (Å²) in [6, 6.07) is 20.9. The first-order valence-electron chi connectivity index (χ1n) is 16.1. The van der Waals surface area contributed by atoms with E-state index < -0.39 is 31.0 Å². The number of aliphatic hydroxyl groups is 1. The Kier molecular flexibility index (Phi) is 9.18. The van der Waals surface area contributed by atoms with Gasteiger partial charge in [0.05, 0.1) is 30.2 Å². The number of imide groups is 1. The molecule has 2 fully saturated rings. The molecular formula is C37H41BN2O6. The van der Waals surface area contributed by atoms with Crippen LogP contribution in [0.2, 0.25) is 6.32 Å². The van der Waals surface area contributed by atoms with Gasteiger partial charge < -0.3 is 25.2 Å². The molecule has 9 heteroatoms. The number of anilines is 3. The maximum absolute atomic E-state index is 14.0. The third-order valence-electron chi connectivity index (χ3n) is 9.75. The molecule has 0 spiro atoms. The summed E-state index contributed by atoms with van der Waals surface area (Å²) in [7, 11) is -1.07. The highest BCUT2D eigenvalue weighted by atomic mass is 16.5. The summed E-state index contributed by atoms with van der Waals surface area (Å²) in [5, 5.41) is 34.9. The van der Waals surface area contributed by atoms with E-state index in [9.17, 15) is 24.8 Å². The Hall–Kier alpha value is -4.18. The van der Waals surface area contributed by atoms with Gasteiger partial charge in [-0.2, -0.15) is 0 Å². The number of nitrogens with one attached hydrogen (secondary N) is 1. The number of phenolic OH excluding ortho intramolecular Hbond substituents is 1. The van der Waals surface area contributed by atoms with E-state index in [0.717, 1.165) is 45.6 Å². The zero-order chi connectivity index (χ0) is 32.5.